The van der Waals surface area contributed by atoms with Gasteiger partial charge in [0.05, 0.1) is 36.9 Å². The molecule has 1 aliphatic heterocycles. The Kier molecular flexibility index (Phi) is 14.3. The predicted molar refractivity (Wildman–Crippen MR) is 242 cm³/mol. The number of primary amides is 2. The van der Waals surface area contributed by atoms with Crippen LogP contribution in [0.4, 0.5) is 11.9 Å². The van der Waals surface area contributed by atoms with E-state index < -0.39 is 23.6 Å². The van der Waals surface area contributed by atoms with Crippen LogP contribution < -0.4 is 48.1 Å². The molecule has 0 spiro atoms. The molecule has 5 aromatic rings. The minimum absolute atomic E-state index is 0.0511. The van der Waals surface area contributed by atoms with Gasteiger partial charge in [-0.3, -0.25) is 39.5 Å². The molecular formula is C43H51N15O6. The maximum Gasteiger partial charge on any atom is 0.276 e. The van der Waals surface area contributed by atoms with Crippen LogP contribution >= 0.6 is 0 Å². The van der Waals surface area contributed by atoms with Gasteiger partial charge in [-0.15, -0.1) is 0 Å². The van der Waals surface area contributed by atoms with E-state index in [2.05, 4.69) is 48.3 Å². The highest BCUT2D eigenvalue weighted by Gasteiger charge is 2.23. The summed E-state index contributed by atoms with van der Waals surface area (Å²) in [6.45, 7) is 9.11. The molecule has 3 aromatic heterocycles. The zero-order valence-corrected chi connectivity index (χ0v) is 36.4. The Labute approximate surface area is 368 Å². The van der Waals surface area contributed by atoms with Crippen molar-refractivity contribution < 1.29 is 28.7 Å². The number of hydrazine groups is 1. The maximum absolute atomic E-state index is 13.7. The lowest BCUT2D eigenvalue weighted by molar-refractivity contribution is -0.110. The first-order valence-electron chi connectivity index (χ1n) is 20.2. The summed E-state index contributed by atoms with van der Waals surface area (Å²) in [6.07, 6.45) is 7.00. The van der Waals surface area contributed by atoms with Crippen LogP contribution in [0.3, 0.4) is 0 Å². The van der Waals surface area contributed by atoms with Crippen molar-refractivity contribution in [1.29, 1.82) is 0 Å². The van der Waals surface area contributed by atoms with Gasteiger partial charge >= 0.3 is 0 Å². The number of nitrogens with one attached hydrogen (secondary N) is 4. The number of aliphatic imine (C=N–C) groups is 1. The summed E-state index contributed by atoms with van der Waals surface area (Å²) in [5.41, 5.74) is 24.8. The number of aryl methyl sites for hydroxylation is 2. The van der Waals surface area contributed by atoms with Crippen LogP contribution in [-0.2, 0) is 24.4 Å². The van der Waals surface area contributed by atoms with Crippen molar-refractivity contribution in [1.82, 2.24) is 44.6 Å². The highest BCUT2D eigenvalue weighted by atomic mass is 16.5. The maximum atomic E-state index is 13.7. The van der Waals surface area contributed by atoms with Crippen molar-refractivity contribution in [3.8, 4) is 23.3 Å². The van der Waals surface area contributed by atoms with Gasteiger partial charge in [0.15, 0.2) is 0 Å². The number of allylic oxidation sites excluding steroid dienone is 3. The quantitative estimate of drug-likeness (QED) is 0.0378. The predicted octanol–water partition coefficient (Wildman–Crippen LogP) is 2.15. The van der Waals surface area contributed by atoms with Gasteiger partial charge in [0.1, 0.15) is 40.5 Å². The minimum atomic E-state index is -0.714. The number of nitrogens with two attached hydrogens (primary N) is 3. The number of amides is 4. The first kappa shape index (κ1) is 45.4. The van der Waals surface area contributed by atoms with Crippen LogP contribution in [0.1, 0.15) is 57.7 Å². The fraction of sp³-hybridized carbons (Fsp3) is 0.302. The molecule has 10 N–H and O–H groups in total. The number of rotatable bonds is 18. The van der Waals surface area contributed by atoms with Crippen molar-refractivity contribution in [3.63, 3.8) is 0 Å². The highest BCUT2D eigenvalue weighted by molar-refractivity contribution is 6.47. The summed E-state index contributed by atoms with van der Waals surface area (Å²) < 4.78 is 16.9. The number of nitrogens with zero attached hydrogens (tertiary/aromatic N) is 8. The summed E-state index contributed by atoms with van der Waals surface area (Å²) in [7, 11) is 3.29. The molecule has 0 saturated carbocycles. The standard InChI is InChI=1S/C43H51N15O6/c1-7-48-32(17-25(3)44)40(61)52-42-51-31-20-28(39(46)60)22-35(64-16-12-11-13-55-24-29(47-5)23-49-55)37(31)57(42)15-10-9-14-56-36-30(19-27(38(45)59)21-34(36)63-6)50-43(56)53-41(62)33-18-26(4)54-58(33)8-2/h9-10,17-22,24,47,49H,7-8,13-16,23,44H2,1-6H3,(H2,45,59)(H2,46,60)(H,50,53,62)(H,51,52,61)/b10-9+,25-17-,48-32?. The molecule has 4 amide bonds. The zero-order valence-electron chi connectivity index (χ0n) is 36.4. The summed E-state index contributed by atoms with van der Waals surface area (Å²) in [4.78, 5) is 65.8. The number of fused-ring (bicyclic) bond motifs is 2. The number of likely N-dealkylation sites (N-methyl/N-ethyl adjacent to an activating group) is 1. The highest BCUT2D eigenvalue weighted by Crippen LogP contribution is 2.33. The normalized spacial score (nSPS) is 13.0. The number of anilines is 2. The van der Waals surface area contributed by atoms with E-state index in [1.54, 1.807) is 46.7 Å². The Balaban J connectivity index is 1.39. The Bertz CT molecular complexity index is 2810. The molecule has 0 saturated heterocycles. The molecule has 334 valence electrons. The summed E-state index contributed by atoms with van der Waals surface area (Å²) in [5.74, 6) is 4.44. The van der Waals surface area contributed by atoms with Gasteiger partial charge in [-0.2, -0.15) is 5.10 Å². The molecule has 0 fully saturated rings. The molecule has 0 aliphatic carbocycles. The minimum Gasteiger partial charge on any atom is -0.494 e. The van der Waals surface area contributed by atoms with E-state index >= 15 is 0 Å². The van der Waals surface area contributed by atoms with E-state index in [9.17, 15) is 19.2 Å². The average Bonchev–Trinajstić information content (AvgIpc) is 4.05. The number of carbonyl (C=O) groups is 4. The number of hydrogen-bond donors (Lipinski definition) is 7. The number of benzene rings is 2. The van der Waals surface area contributed by atoms with Crippen LogP contribution in [0.25, 0.3) is 22.1 Å². The average molecular weight is 874 g/mol. The largest absolute Gasteiger partial charge is 0.494 e. The molecule has 0 radical (unpaired) electrons. The van der Waals surface area contributed by atoms with Gasteiger partial charge in [0.25, 0.3) is 11.8 Å². The molecular weight excluding hydrogens is 823 g/mol. The van der Waals surface area contributed by atoms with Gasteiger partial charge in [0, 0.05) is 61.9 Å². The second kappa shape index (κ2) is 20.2. The molecule has 6 rings (SSSR count). The van der Waals surface area contributed by atoms with Crippen molar-refractivity contribution in [2.75, 3.05) is 51.0 Å². The molecule has 64 heavy (non-hydrogen) atoms. The number of imidazole rings is 2. The molecule has 21 heteroatoms. The van der Waals surface area contributed by atoms with Crippen molar-refractivity contribution in [2.45, 2.75) is 47.3 Å². The third-order valence-electron chi connectivity index (χ3n) is 9.74. The van der Waals surface area contributed by atoms with Gasteiger partial charge in [-0.05, 0) is 64.1 Å². The Morgan fingerprint density at radius 3 is 2.09 bits per heavy atom. The van der Waals surface area contributed by atoms with Crippen molar-refractivity contribution >= 4 is 63.3 Å². The van der Waals surface area contributed by atoms with E-state index in [4.69, 9.17) is 31.7 Å². The fourth-order valence-electron chi connectivity index (χ4n) is 6.81. The monoisotopic (exact) mass is 873 g/mol. The van der Waals surface area contributed by atoms with Crippen molar-refractivity contribution in [3.05, 3.63) is 88.7 Å². The van der Waals surface area contributed by atoms with Gasteiger partial charge < -0.3 is 46.1 Å². The smallest absolute Gasteiger partial charge is 0.276 e. The summed E-state index contributed by atoms with van der Waals surface area (Å²) in [5, 5.41) is 15.1. The van der Waals surface area contributed by atoms with E-state index in [0.717, 1.165) is 5.70 Å². The Morgan fingerprint density at radius 1 is 0.906 bits per heavy atom. The second-order valence-corrected chi connectivity index (χ2v) is 14.3. The Morgan fingerprint density at radius 2 is 1.53 bits per heavy atom. The number of carbonyl (C=O) groups excluding carboxylic acids is 4. The lowest BCUT2D eigenvalue weighted by Gasteiger charge is -2.13. The molecule has 0 unspecified atom stereocenters. The van der Waals surface area contributed by atoms with Gasteiger partial charge in [-0.25, -0.2) is 15.4 Å². The van der Waals surface area contributed by atoms with Gasteiger partial charge in [0.2, 0.25) is 23.7 Å². The number of aromatic nitrogens is 6. The number of ether oxygens (including phenoxy) is 2. The van der Waals surface area contributed by atoms with Gasteiger partial charge in [-0.1, -0.05) is 24.0 Å². The lowest BCUT2D eigenvalue weighted by atomic mass is 10.1. The molecule has 0 bridgehead atoms. The van der Waals surface area contributed by atoms with Crippen LogP contribution in [0.2, 0.25) is 0 Å². The van der Waals surface area contributed by atoms with Crippen LogP contribution in [-0.4, -0.2) is 104 Å². The third-order valence-corrected chi connectivity index (χ3v) is 9.74. The summed E-state index contributed by atoms with van der Waals surface area (Å²) in [6, 6.07) is 7.71. The lowest BCUT2D eigenvalue weighted by Crippen LogP contribution is -2.29. The molecule has 4 heterocycles. The van der Waals surface area contributed by atoms with E-state index in [1.165, 1.54) is 37.5 Å². The van der Waals surface area contributed by atoms with Crippen LogP contribution in [0.5, 0.6) is 11.5 Å². The first-order chi connectivity index (χ1) is 30.7. The fourth-order valence-corrected chi connectivity index (χ4v) is 6.81. The topological polar surface area (TPSA) is 282 Å². The second-order valence-electron chi connectivity index (χ2n) is 14.3. The van der Waals surface area contributed by atoms with Crippen LogP contribution in [0, 0.1) is 18.8 Å². The van der Waals surface area contributed by atoms with E-state index in [0.29, 0.717) is 71.1 Å². The zero-order chi connectivity index (χ0) is 46.1. The number of hydrogen-bond acceptors (Lipinski definition) is 14. The molecule has 0 atom stereocenters. The van der Waals surface area contributed by atoms with Crippen LogP contribution in [0.15, 0.2) is 71.1 Å². The summed E-state index contributed by atoms with van der Waals surface area (Å²) >= 11 is 0. The Hall–Kier alpha value is -8.12. The molecule has 2 aromatic carbocycles. The third kappa shape index (κ3) is 10.3. The first-order valence-corrected chi connectivity index (χ1v) is 20.2. The van der Waals surface area contributed by atoms with Crippen molar-refractivity contribution in [2.24, 2.45) is 22.2 Å². The van der Waals surface area contributed by atoms with E-state index in [-0.39, 0.29) is 54.2 Å². The molecule has 1 aliphatic rings. The molecule has 21 nitrogen and oxygen atoms in total. The van der Waals surface area contributed by atoms with E-state index in [1.807, 2.05) is 31.3 Å². The number of methoxy groups -OCH3 is 1. The SMILES string of the molecule is CCN=C(/C=C(/C)N)C(=O)Nc1nc2cc(C(N)=O)cc(OCC#CCN3C=C(NC)CN3)c2n1C/C=C/Cn1c(NC(=O)c2cc(C)nn2CC)nc2cc(C(N)=O)cc(OC)c21.